The van der Waals surface area contributed by atoms with Gasteiger partial charge in [0.25, 0.3) is 0 Å². The lowest BCUT2D eigenvalue weighted by atomic mass is 9.95. The van der Waals surface area contributed by atoms with Crippen molar-refractivity contribution < 1.29 is 16.8 Å². The second-order valence-corrected chi connectivity index (χ2v) is 5.90. The van der Waals surface area contributed by atoms with Crippen molar-refractivity contribution >= 4 is 10.4 Å². The average molecular weight is 280 g/mol. The Labute approximate surface area is 112 Å². The molecule has 0 radical (unpaired) electrons. The minimum absolute atomic E-state index is 0.191. The second kappa shape index (κ2) is 10.8. The van der Waals surface area contributed by atoms with Crippen LogP contribution in [0.4, 0.5) is 0 Å². The van der Waals surface area contributed by atoms with Crippen molar-refractivity contribution in [2.24, 2.45) is 5.92 Å². The summed E-state index contributed by atoms with van der Waals surface area (Å²) in [6.07, 6.45) is 7.31. The smallest absolute Gasteiger partial charge is 0.248 e. The lowest BCUT2D eigenvalue weighted by molar-refractivity contribution is 0.207. The van der Waals surface area contributed by atoms with Crippen molar-refractivity contribution in [2.75, 3.05) is 13.2 Å². The van der Waals surface area contributed by atoms with E-state index in [1.807, 2.05) is 6.92 Å². The van der Waals surface area contributed by atoms with Crippen molar-refractivity contribution in [3.05, 3.63) is 0 Å². The van der Waals surface area contributed by atoms with Gasteiger partial charge < -0.3 is 0 Å². The van der Waals surface area contributed by atoms with Crippen LogP contribution in [-0.4, -0.2) is 21.6 Å². The van der Waals surface area contributed by atoms with E-state index in [1.54, 1.807) is 0 Å². The number of hydrogen-bond acceptors (Lipinski definition) is 4. The maximum Gasteiger partial charge on any atom is 0.399 e. The van der Waals surface area contributed by atoms with E-state index in [9.17, 15) is 8.42 Å². The third-order valence-corrected chi connectivity index (χ3v) is 3.87. The van der Waals surface area contributed by atoms with Gasteiger partial charge in [0.15, 0.2) is 0 Å². The molecule has 0 heterocycles. The molecule has 110 valence electrons. The van der Waals surface area contributed by atoms with Crippen molar-refractivity contribution in [1.82, 2.24) is 0 Å². The average Bonchev–Trinajstić information content (AvgIpc) is 2.35. The molecule has 0 N–H and O–H groups in total. The summed E-state index contributed by atoms with van der Waals surface area (Å²) in [5, 5.41) is 0. The van der Waals surface area contributed by atoms with Crippen molar-refractivity contribution in [3.8, 4) is 0 Å². The van der Waals surface area contributed by atoms with Gasteiger partial charge in [-0.3, -0.25) is 0 Å². The zero-order chi connectivity index (χ0) is 13.9. The van der Waals surface area contributed by atoms with Gasteiger partial charge in [-0.05, 0) is 25.2 Å². The summed E-state index contributed by atoms with van der Waals surface area (Å²) in [6, 6.07) is 0. The first-order valence-corrected chi connectivity index (χ1v) is 8.42. The van der Waals surface area contributed by atoms with Gasteiger partial charge in [-0.15, -0.1) is 0 Å². The van der Waals surface area contributed by atoms with E-state index in [2.05, 4.69) is 18.0 Å². The minimum atomic E-state index is -3.77. The maximum atomic E-state index is 11.2. The van der Waals surface area contributed by atoms with E-state index in [4.69, 9.17) is 4.18 Å². The molecule has 0 saturated heterocycles. The summed E-state index contributed by atoms with van der Waals surface area (Å²) < 4.78 is 31.9. The standard InChI is InChI=1S/C13H28O4S/c1-4-7-9-13(6-3)10-8-12-17-18(14,15)16-11-5-2/h13H,4-12H2,1-3H3. The fourth-order valence-corrected chi connectivity index (χ4v) is 2.56. The third kappa shape index (κ3) is 9.85. The fourth-order valence-electron chi connectivity index (χ4n) is 1.80. The predicted octanol–water partition coefficient (Wildman–Crippen LogP) is 3.67. The quantitative estimate of drug-likeness (QED) is 0.512. The molecule has 0 aromatic heterocycles. The van der Waals surface area contributed by atoms with Crippen LogP contribution in [0.15, 0.2) is 0 Å². The first kappa shape index (κ1) is 17.9. The Morgan fingerprint density at radius 1 is 0.889 bits per heavy atom. The molecular formula is C13H28O4S. The molecule has 1 atom stereocenters. The molecule has 0 bridgehead atoms. The van der Waals surface area contributed by atoms with Crippen LogP contribution in [0, 0.1) is 5.92 Å². The predicted molar refractivity (Wildman–Crippen MR) is 73.7 cm³/mol. The highest BCUT2D eigenvalue weighted by atomic mass is 32.3. The summed E-state index contributed by atoms with van der Waals surface area (Å²) in [6.45, 7) is 6.65. The lowest BCUT2D eigenvalue weighted by Crippen LogP contribution is -2.12. The highest BCUT2D eigenvalue weighted by molar-refractivity contribution is 7.81. The topological polar surface area (TPSA) is 52.6 Å². The number of hydrogen-bond donors (Lipinski definition) is 0. The summed E-state index contributed by atoms with van der Waals surface area (Å²) in [5.41, 5.74) is 0. The van der Waals surface area contributed by atoms with Gasteiger partial charge in [0.2, 0.25) is 0 Å². The van der Waals surface area contributed by atoms with E-state index in [1.165, 1.54) is 19.3 Å². The van der Waals surface area contributed by atoms with Crippen molar-refractivity contribution in [3.63, 3.8) is 0 Å². The van der Waals surface area contributed by atoms with E-state index in [0.29, 0.717) is 12.3 Å². The Morgan fingerprint density at radius 2 is 1.50 bits per heavy atom. The molecule has 18 heavy (non-hydrogen) atoms. The van der Waals surface area contributed by atoms with E-state index in [0.717, 1.165) is 19.3 Å². The van der Waals surface area contributed by atoms with Gasteiger partial charge in [0.05, 0.1) is 13.2 Å². The molecule has 0 aliphatic heterocycles. The molecule has 0 amide bonds. The van der Waals surface area contributed by atoms with Crippen LogP contribution in [0.25, 0.3) is 0 Å². The lowest BCUT2D eigenvalue weighted by Gasteiger charge is -2.13. The summed E-state index contributed by atoms with van der Waals surface area (Å²) in [7, 11) is -3.77. The van der Waals surface area contributed by atoms with Crippen LogP contribution in [0.1, 0.15) is 65.7 Å². The molecule has 0 saturated carbocycles. The number of rotatable bonds is 12. The minimum Gasteiger partial charge on any atom is -0.248 e. The van der Waals surface area contributed by atoms with Crippen LogP contribution in [0.2, 0.25) is 0 Å². The van der Waals surface area contributed by atoms with Crippen LogP contribution in [0.5, 0.6) is 0 Å². The highest BCUT2D eigenvalue weighted by Crippen LogP contribution is 2.18. The molecule has 0 spiro atoms. The van der Waals surface area contributed by atoms with Gasteiger partial charge >= 0.3 is 10.4 Å². The Kier molecular flexibility index (Phi) is 10.7. The molecule has 4 nitrogen and oxygen atoms in total. The molecule has 1 unspecified atom stereocenters. The van der Waals surface area contributed by atoms with Crippen LogP contribution < -0.4 is 0 Å². The molecule has 0 fully saturated rings. The van der Waals surface area contributed by atoms with Gasteiger partial charge in [0.1, 0.15) is 0 Å². The Bertz CT molecular complexity index is 275. The Morgan fingerprint density at radius 3 is 2.06 bits per heavy atom. The largest absolute Gasteiger partial charge is 0.399 e. The van der Waals surface area contributed by atoms with E-state index in [-0.39, 0.29) is 13.2 Å². The molecule has 0 aliphatic carbocycles. The van der Waals surface area contributed by atoms with E-state index >= 15 is 0 Å². The number of unbranched alkanes of at least 4 members (excludes halogenated alkanes) is 1. The van der Waals surface area contributed by atoms with Gasteiger partial charge in [-0.25, -0.2) is 8.37 Å². The van der Waals surface area contributed by atoms with Crippen molar-refractivity contribution in [2.45, 2.75) is 65.7 Å². The summed E-state index contributed by atoms with van der Waals surface area (Å²) in [5.74, 6) is 0.688. The van der Waals surface area contributed by atoms with Crippen LogP contribution in [0.3, 0.4) is 0 Å². The third-order valence-electron chi connectivity index (χ3n) is 2.96. The Balaban J connectivity index is 3.70. The van der Waals surface area contributed by atoms with Gasteiger partial charge in [-0.2, -0.15) is 8.42 Å². The first-order valence-electron chi connectivity index (χ1n) is 7.09. The van der Waals surface area contributed by atoms with Crippen LogP contribution >= 0.6 is 0 Å². The fraction of sp³-hybridized carbons (Fsp3) is 1.00. The van der Waals surface area contributed by atoms with Gasteiger partial charge in [-0.1, -0.05) is 46.5 Å². The molecule has 0 aromatic rings. The molecule has 0 rings (SSSR count). The monoisotopic (exact) mass is 280 g/mol. The van der Waals surface area contributed by atoms with Crippen LogP contribution in [-0.2, 0) is 18.8 Å². The maximum absolute atomic E-state index is 11.2. The SMILES string of the molecule is CCCCC(CC)CCCOS(=O)(=O)OCCC. The normalized spacial score (nSPS) is 13.7. The van der Waals surface area contributed by atoms with Crippen molar-refractivity contribution in [1.29, 1.82) is 0 Å². The molecule has 5 heteroatoms. The first-order chi connectivity index (χ1) is 8.55. The molecule has 0 aromatic carbocycles. The summed E-state index contributed by atoms with van der Waals surface area (Å²) in [4.78, 5) is 0. The Hall–Kier alpha value is -0.130. The zero-order valence-corrected chi connectivity index (χ0v) is 12.8. The molecular weight excluding hydrogens is 252 g/mol. The zero-order valence-electron chi connectivity index (χ0n) is 12.0. The second-order valence-electron chi connectivity index (χ2n) is 4.61. The van der Waals surface area contributed by atoms with E-state index < -0.39 is 10.4 Å². The highest BCUT2D eigenvalue weighted by Gasteiger charge is 2.12. The van der Waals surface area contributed by atoms with Gasteiger partial charge in [0, 0.05) is 0 Å². The summed E-state index contributed by atoms with van der Waals surface area (Å²) >= 11 is 0. The molecule has 0 aliphatic rings.